The van der Waals surface area contributed by atoms with Gasteiger partial charge in [0.05, 0.1) is 17.6 Å². The van der Waals surface area contributed by atoms with Gasteiger partial charge in [0.1, 0.15) is 23.1 Å². The maximum atomic E-state index is 12.6. The maximum absolute atomic E-state index is 12.6. The highest BCUT2D eigenvalue weighted by molar-refractivity contribution is 5.81. The molecule has 2 saturated carbocycles. The van der Waals surface area contributed by atoms with Crippen LogP contribution < -0.4 is 0 Å². The second-order valence-electron chi connectivity index (χ2n) is 16.2. The first-order valence-electron chi connectivity index (χ1n) is 17.2. The molecule has 7 heteroatoms. The largest absolute Gasteiger partial charge is 0.462 e. The van der Waals surface area contributed by atoms with Gasteiger partial charge in [-0.3, -0.25) is 9.59 Å². The zero-order valence-corrected chi connectivity index (χ0v) is 29.7. The van der Waals surface area contributed by atoms with Gasteiger partial charge in [0.15, 0.2) is 0 Å². The van der Waals surface area contributed by atoms with Crippen molar-refractivity contribution in [1.82, 2.24) is 0 Å². The summed E-state index contributed by atoms with van der Waals surface area (Å²) >= 11 is 0. The highest BCUT2D eigenvalue weighted by atomic mass is 16.6. The number of cyclic esters (lactones) is 1. The Morgan fingerprint density at radius 1 is 1.09 bits per heavy atom. The van der Waals surface area contributed by atoms with Crippen molar-refractivity contribution in [1.29, 1.82) is 0 Å². The van der Waals surface area contributed by atoms with E-state index in [0.717, 1.165) is 37.7 Å². The summed E-state index contributed by atoms with van der Waals surface area (Å²) < 4.78 is 17.2. The third-order valence-corrected chi connectivity index (χ3v) is 10.6. The van der Waals surface area contributed by atoms with E-state index in [0.29, 0.717) is 37.4 Å². The Balaban J connectivity index is 1.20. The van der Waals surface area contributed by atoms with Crippen LogP contribution in [0.4, 0.5) is 0 Å². The molecule has 0 bridgehead atoms. The van der Waals surface area contributed by atoms with Gasteiger partial charge in [0, 0.05) is 25.2 Å². The number of ether oxygens (including phenoxy) is 3. The minimum atomic E-state index is -0.994. The van der Waals surface area contributed by atoms with Crippen LogP contribution in [0, 0.1) is 22.7 Å². The van der Waals surface area contributed by atoms with Crippen LogP contribution >= 0.6 is 0 Å². The predicted octanol–water partition coefficient (Wildman–Crippen LogP) is 7.83. The first-order valence-corrected chi connectivity index (χ1v) is 17.2. The third-order valence-electron chi connectivity index (χ3n) is 10.6. The number of esters is 2. The summed E-state index contributed by atoms with van der Waals surface area (Å²) in [5.41, 5.74) is -0.101. The highest BCUT2D eigenvalue weighted by Gasteiger charge is 2.74. The molecular weight excluding hydrogens is 580 g/mol. The summed E-state index contributed by atoms with van der Waals surface area (Å²) in [4.78, 5) is 24.1. The first kappa shape index (κ1) is 36.4. The van der Waals surface area contributed by atoms with Crippen LogP contribution in [-0.4, -0.2) is 51.2 Å². The van der Waals surface area contributed by atoms with Crippen LogP contribution in [0.3, 0.4) is 0 Å². The molecule has 0 aromatic heterocycles. The van der Waals surface area contributed by atoms with Crippen molar-refractivity contribution in [3.63, 3.8) is 0 Å². The molecule has 0 radical (unpaired) electrons. The third kappa shape index (κ3) is 8.14. The van der Waals surface area contributed by atoms with Crippen molar-refractivity contribution in [2.45, 2.75) is 149 Å². The molecule has 1 saturated heterocycles. The average Bonchev–Trinajstić information content (AvgIpc) is 3.36. The van der Waals surface area contributed by atoms with Gasteiger partial charge in [-0.1, -0.05) is 70.6 Å². The fourth-order valence-electron chi connectivity index (χ4n) is 8.53. The standard InChI is InChI=1S/C39H58O7/c1-26(16-17-33-35(4,5)24-32(44-28(3)40)25-37(33,8)43)14-12-10-11-13-15-27(2)20-31-21-29(34(42)45-31)18-19-39-36(6,7)22-30(41)23-38(39,9)46-39/h12,14,17-21,26,29-30,32,41,43H,10-11,13,15-16,22-25H2,1-9H3/b14-12+,19-18+,27-20+,33-17?/t26?,29?,30-,32-,37+,38+,39-/m0/s1. The summed E-state index contributed by atoms with van der Waals surface area (Å²) in [6.07, 6.45) is 21.2. The lowest BCUT2D eigenvalue weighted by Crippen LogP contribution is -2.46. The number of carbonyl (C=O) groups is 2. The zero-order chi connectivity index (χ0) is 34.1. The average molecular weight is 639 g/mol. The number of unbranched alkanes of at least 4 members (excludes halogenated alkanes) is 2. The summed E-state index contributed by atoms with van der Waals surface area (Å²) in [7, 11) is 0. The Bertz CT molecular complexity index is 1290. The molecule has 2 heterocycles. The van der Waals surface area contributed by atoms with E-state index in [1.54, 1.807) is 0 Å². The lowest BCUT2D eigenvalue weighted by molar-refractivity contribution is -0.152. The molecule has 4 rings (SSSR count). The number of aliphatic hydroxyl groups excluding tert-OH is 1. The maximum Gasteiger partial charge on any atom is 0.322 e. The lowest BCUT2D eigenvalue weighted by atomic mass is 9.63. The van der Waals surface area contributed by atoms with Gasteiger partial charge in [-0.15, -0.1) is 0 Å². The minimum Gasteiger partial charge on any atom is -0.462 e. The fourth-order valence-corrected chi connectivity index (χ4v) is 8.53. The molecule has 256 valence electrons. The van der Waals surface area contributed by atoms with E-state index in [4.69, 9.17) is 14.2 Å². The van der Waals surface area contributed by atoms with E-state index in [1.807, 2.05) is 38.2 Å². The van der Waals surface area contributed by atoms with Crippen molar-refractivity contribution in [2.75, 3.05) is 0 Å². The molecule has 0 aromatic rings. The molecule has 2 unspecified atom stereocenters. The normalized spacial score (nSPS) is 36.9. The van der Waals surface area contributed by atoms with E-state index in [2.05, 4.69) is 59.8 Å². The van der Waals surface area contributed by atoms with Crippen LogP contribution in [0.2, 0.25) is 0 Å². The Morgan fingerprint density at radius 2 is 1.80 bits per heavy atom. The van der Waals surface area contributed by atoms with Gasteiger partial charge in [0.25, 0.3) is 0 Å². The number of rotatable bonds is 12. The molecule has 4 aliphatic rings. The topological polar surface area (TPSA) is 106 Å². The molecule has 2 aliphatic carbocycles. The van der Waals surface area contributed by atoms with E-state index < -0.39 is 22.7 Å². The summed E-state index contributed by atoms with van der Waals surface area (Å²) in [5.74, 6) is -0.0305. The lowest BCUT2D eigenvalue weighted by Gasteiger charge is -2.46. The van der Waals surface area contributed by atoms with Crippen LogP contribution in [0.1, 0.15) is 120 Å². The first-order chi connectivity index (χ1) is 21.3. The van der Waals surface area contributed by atoms with E-state index >= 15 is 0 Å². The number of fused-ring (bicyclic) bond motifs is 1. The summed E-state index contributed by atoms with van der Waals surface area (Å²) in [6.45, 7) is 18.1. The minimum absolute atomic E-state index is 0.223. The Kier molecular flexibility index (Phi) is 10.7. The molecule has 2 N–H and O–H groups in total. The molecule has 46 heavy (non-hydrogen) atoms. The molecule has 2 aliphatic heterocycles. The van der Waals surface area contributed by atoms with Crippen molar-refractivity contribution < 1.29 is 34.0 Å². The molecule has 7 nitrogen and oxygen atoms in total. The monoisotopic (exact) mass is 638 g/mol. The van der Waals surface area contributed by atoms with Crippen LogP contribution in [0.25, 0.3) is 0 Å². The second-order valence-corrected chi connectivity index (χ2v) is 16.2. The quantitative estimate of drug-likeness (QED) is 0.0972. The number of carbonyl (C=O) groups excluding carboxylic acids is 2. The van der Waals surface area contributed by atoms with E-state index in [9.17, 15) is 19.8 Å². The number of epoxide rings is 1. The van der Waals surface area contributed by atoms with Gasteiger partial charge in [-0.25, -0.2) is 0 Å². The molecule has 0 spiro atoms. The van der Waals surface area contributed by atoms with Gasteiger partial charge in [0.2, 0.25) is 0 Å². The zero-order valence-electron chi connectivity index (χ0n) is 29.7. The summed E-state index contributed by atoms with van der Waals surface area (Å²) in [5, 5.41) is 21.5. The smallest absolute Gasteiger partial charge is 0.322 e. The predicted molar refractivity (Wildman–Crippen MR) is 180 cm³/mol. The molecular formula is C39H58O7. The Morgan fingerprint density at radius 3 is 2.46 bits per heavy atom. The van der Waals surface area contributed by atoms with Crippen molar-refractivity contribution in [3.05, 3.63) is 59.4 Å². The molecule has 3 fully saturated rings. The number of hydrogen-bond donors (Lipinski definition) is 2. The van der Waals surface area contributed by atoms with Gasteiger partial charge < -0.3 is 24.4 Å². The van der Waals surface area contributed by atoms with Crippen LogP contribution in [-0.2, 0) is 23.8 Å². The van der Waals surface area contributed by atoms with Gasteiger partial charge >= 0.3 is 11.9 Å². The van der Waals surface area contributed by atoms with Crippen molar-refractivity contribution >= 4 is 11.9 Å². The molecule has 0 aromatic carbocycles. The summed E-state index contributed by atoms with van der Waals surface area (Å²) in [6, 6.07) is 0. The Labute approximate surface area is 276 Å². The van der Waals surface area contributed by atoms with Crippen molar-refractivity contribution in [2.24, 2.45) is 22.7 Å². The number of aliphatic hydroxyl groups is 2. The van der Waals surface area contributed by atoms with Gasteiger partial charge in [-0.05, 0) is 94.8 Å². The second kappa shape index (κ2) is 13.6. The SMILES string of the molecule is CC(=O)O[C@H]1CC(C)(C)C(=CCC(C)/C=C/CCCC/C(C)=C/C2=CC(/C=C/[C@@]34O[C@]3(C)C[C@@H](O)CC4(C)C)C(=O)O2)[C@](C)(O)C1. The van der Waals surface area contributed by atoms with Crippen LogP contribution in [0.5, 0.6) is 0 Å². The number of allylic oxidation sites excluding steroid dienone is 5. The highest BCUT2D eigenvalue weighted by Crippen LogP contribution is 2.66. The molecule has 7 atom stereocenters. The number of hydrogen-bond acceptors (Lipinski definition) is 7. The van der Waals surface area contributed by atoms with Gasteiger partial charge in [-0.2, -0.15) is 0 Å². The van der Waals surface area contributed by atoms with E-state index in [-0.39, 0.29) is 35.0 Å². The van der Waals surface area contributed by atoms with Crippen LogP contribution in [0.15, 0.2) is 59.4 Å². The van der Waals surface area contributed by atoms with E-state index in [1.165, 1.54) is 12.5 Å². The molecule has 0 amide bonds. The fraction of sp³-hybridized carbons (Fsp3) is 0.692. The Hall–Kier alpha value is -2.48. The van der Waals surface area contributed by atoms with Crippen molar-refractivity contribution in [3.8, 4) is 0 Å².